The molecule has 1 saturated carbocycles. The average molecular weight is 234 g/mol. The lowest BCUT2D eigenvalue weighted by atomic mass is 10.0. The van der Waals surface area contributed by atoms with Gasteiger partial charge in [-0.2, -0.15) is 0 Å². The van der Waals surface area contributed by atoms with Crippen LogP contribution in [0.15, 0.2) is 0 Å². The quantitative estimate of drug-likeness (QED) is 0.864. The van der Waals surface area contributed by atoms with Crippen LogP contribution in [0, 0.1) is 12.8 Å². The van der Waals surface area contributed by atoms with E-state index in [0.717, 1.165) is 31.3 Å². The topological polar surface area (TPSA) is 42.7 Å². The van der Waals surface area contributed by atoms with Gasteiger partial charge in [-0.25, -0.2) is 0 Å². The van der Waals surface area contributed by atoms with Crippen LogP contribution in [-0.2, 0) is 6.42 Å². The first-order valence-electron chi connectivity index (χ1n) is 6.95. The van der Waals surface area contributed by atoms with E-state index < -0.39 is 0 Å². The van der Waals surface area contributed by atoms with Crippen LogP contribution in [0.4, 0.5) is 0 Å². The van der Waals surface area contributed by atoms with E-state index in [0.29, 0.717) is 6.04 Å². The van der Waals surface area contributed by atoms with E-state index >= 15 is 0 Å². The van der Waals surface area contributed by atoms with Gasteiger partial charge in [0, 0.05) is 19.5 Å². The van der Waals surface area contributed by atoms with Gasteiger partial charge in [-0.05, 0) is 19.3 Å². The summed E-state index contributed by atoms with van der Waals surface area (Å²) in [7, 11) is 0. The summed E-state index contributed by atoms with van der Waals surface area (Å²) in [6, 6.07) is 0.601. The number of nitrogens with zero attached hydrogens (tertiary/aromatic N) is 3. The highest BCUT2D eigenvalue weighted by molar-refractivity contribution is 5.01. The summed E-state index contributed by atoms with van der Waals surface area (Å²) in [6.07, 6.45) is 8.14. The summed E-state index contributed by atoms with van der Waals surface area (Å²) < 4.78 is 2.35. The van der Waals surface area contributed by atoms with E-state index in [4.69, 9.17) is 0 Å². The Morgan fingerprint density at radius 3 is 2.65 bits per heavy atom. The molecule has 0 atom stereocenters. The molecule has 2 heterocycles. The minimum atomic E-state index is 0.601. The second-order valence-corrected chi connectivity index (χ2v) is 5.53. The van der Waals surface area contributed by atoms with E-state index in [2.05, 4.69) is 27.0 Å². The number of hydrogen-bond acceptors (Lipinski definition) is 3. The monoisotopic (exact) mass is 234 g/mol. The molecule has 1 aliphatic heterocycles. The Balaban J connectivity index is 1.65. The maximum atomic E-state index is 4.36. The molecule has 0 spiro atoms. The van der Waals surface area contributed by atoms with Crippen LogP contribution in [0.2, 0.25) is 0 Å². The Bertz CT molecular complexity index is 375. The number of rotatable bonds is 4. The molecule has 4 nitrogen and oxygen atoms in total. The van der Waals surface area contributed by atoms with Crippen LogP contribution < -0.4 is 5.32 Å². The molecular formula is C13H22N4. The van der Waals surface area contributed by atoms with Crippen molar-refractivity contribution in [2.24, 2.45) is 5.92 Å². The highest BCUT2D eigenvalue weighted by Gasteiger charge is 2.24. The van der Waals surface area contributed by atoms with Crippen LogP contribution in [0.1, 0.15) is 49.8 Å². The molecule has 4 heteroatoms. The first kappa shape index (κ1) is 11.2. The van der Waals surface area contributed by atoms with Crippen LogP contribution in [0.5, 0.6) is 0 Å². The van der Waals surface area contributed by atoms with Crippen molar-refractivity contribution in [2.45, 2.75) is 51.5 Å². The molecule has 17 heavy (non-hydrogen) atoms. The van der Waals surface area contributed by atoms with Gasteiger partial charge in [0.1, 0.15) is 11.6 Å². The lowest BCUT2D eigenvalue weighted by Gasteiger charge is -2.30. The second-order valence-electron chi connectivity index (χ2n) is 5.53. The van der Waals surface area contributed by atoms with Gasteiger partial charge in [-0.3, -0.25) is 0 Å². The van der Waals surface area contributed by atoms with Crippen molar-refractivity contribution in [1.29, 1.82) is 0 Å². The normalized spacial score (nSPS) is 21.9. The fourth-order valence-electron chi connectivity index (χ4n) is 3.15. The minimum Gasteiger partial charge on any atom is -0.313 e. The lowest BCUT2D eigenvalue weighted by Crippen LogP contribution is -2.44. The Labute approximate surface area is 103 Å². The molecule has 1 aromatic heterocycles. The summed E-state index contributed by atoms with van der Waals surface area (Å²) in [5.74, 6) is 3.23. The van der Waals surface area contributed by atoms with Gasteiger partial charge in [0.25, 0.3) is 0 Å². The van der Waals surface area contributed by atoms with E-state index in [9.17, 15) is 0 Å². The predicted molar refractivity (Wildman–Crippen MR) is 66.9 cm³/mol. The van der Waals surface area contributed by atoms with E-state index in [-0.39, 0.29) is 0 Å². The summed E-state index contributed by atoms with van der Waals surface area (Å²) in [5, 5.41) is 11.9. The molecule has 0 unspecified atom stereocenters. The van der Waals surface area contributed by atoms with Crippen molar-refractivity contribution in [1.82, 2.24) is 20.1 Å². The molecule has 2 aliphatic rings. The van der Waals surface area contributed by atoms with Gasteiger partial charge in [0.2, 0.25) is 0 Å². The van der Waals surface area contributed by atoms with Crippen molar-refractivity contribution in [3.63, 3.8) is 0 Å². The molecule has 2 fully saturated rings. The van der Waals surface area contributed by atoms with Crippen molar-refractivity contribution in [3.8, 4) is 0 Å². The third-order valence-electron chi connectivity index (χ3n) is 4.31. The van der Waals surface area contributed by atoms with Crippen molar-refractivity contribution < 1.29 is 0 Å². The number of nitrogens with one attached hydrogen (secondary N) is 1. The predicted octanol–water partition coefficient (Wildman–Crippen LogP) is 1.85. The molecular weight excluding hydrogens is 212 g/mol. The summed E-state index contributed by atoms with van der Waals surface area (Å²) in [4.78, 5) is 0. The zero-order chi connectivity index (χ0) is 11.7. The Kier molecular flexibility index (Phi) is 3.14. The van der Waals surface area contributed by atoms with Gasteiger partial charge < -0.3 is 9.88 Å². The summed E-state index contributed by atoms with van der Waals surface area (Å²) in [6.45, 7) is 4.23. The Hall–Kier alpha value is -0.900. The molecule has 1 saturated heterocycles. The zero-order valence-corrected chi connectivity index (χ0v) is 10.7. The van der Waals surface area contributed by atoms with E-state index in [1.807, 2.05) is 0 Å². The fourth-order valence-corrected chi connectivity index (χ4v) is 3.15. The maximum Gasteiger partial charge on any atom is 0.133 e. The molecule has 1 N–H and O–H groups in total. The molecule has 1 aliphatic carbocycles. The number of aryl methyl sites for hydroxylation is 2. The SMILES string of the molecule is Cc1nnc(CCC2CCCC2)n1C1CNC1. The maximum absolute atomic E-state index is 4.36. The highest BCUT2D eigenvalue weighted by Crippen LogP contribution is 2.29. The van der Waals surface area contributed by atoms with Crippen molar-refractivity contribution in [3.05, 3.63) is 11.6 Å². The minimum absolute atomic E-state index is 0.601. The first-order valence-corrected chi connectivity index (χ1v) is 6.95. The third kappa shape index (κ3) is 2.23. The largest absolute Gasteiger partial charge is 0.313 e. The molecule has 1 aromatic rings. The van der Waals surface area contributed by atoms with Gasteiger partial charge in [-0.15, -0.1) is 10.2 Å². The van der Waals surface area contributed by atoms with Crippen LogP contribution in [0.3, 0.4) is 0 Å². The van der Waals surface area contributed by atoms with Crippen LogP contribution in [0.25, 0.3) is 0 Å². The number of aromatic nitrogens is 3. The molecule has 0 radical (unpaired) electrons. The Morgan fingerprint density at radius 1 is 1.24 bits per heavy atom. The van der Waals surface area contributed by atoms with Gasteiger partial charge in [-0.1, -0.05) is 25.7 Å². The lowest BCUT2D eigenvalue weighted by molar-refractivity contribution is 0.327. The number of hydrogen-bond donors (Lipinski definition) is 1. The molecule has 0 aromatic carbocycles. The zero-order valence-electron chi connectivity index (χ0n) is 10.7. The smallest absolute Gasteiger partial charge is 0.133 e. The van der Waals surface area contributed by atoms with Crippen molar-refractivity contribution >= 4 is 0 Å². The fraction of sp³-hybridized carbons (Fsp3) is 0.846. The molecule has 0 bridgehead atoms. The third-order valence-corrected chi connectivity index (χ3v) is 4.31. The first-order chi connectivity index (χ1) is 8.34. The second kappa shape index (κ2) is 4.77. The molecule has 3 rings (SSSR count). The average Bonchev–Trinajstić information content (AvgIpc) is 2.86. The van der Waals surface area contributed by atoms with Crippen LogP contribution in [-0.4, -0.2) is 27.9 Å². The van der Waals surface area contributed by atoms with Gasteiger partial charge >= 0.3 is 0 Å². The summed E-state index contributed by atoms with van der Waals surface area (Å²) >= 11 is 0. The molecule has 0 amide bonds. The van der Waals surface area contributed by atoms with Crippen molar-refractivity contribution in [2.75, 3.05) is 13.1 Å². The van der Waals surface area contributed by atoms with Gasteiger partial charge in [0.15, 0.2) is 0 Å². The van der Waals surface area contributed by atoms with E-state index in [1.54, 1.807) is 0 Å². The van der Waals surface area contributed by atoms with Gasteiger partial charge in [0.05, 0.1) is 6.04 Å². The highest BCUT2D eigenvalue weighted by atomic mass is 15.3. The van der Waals surface area contributed by atoms with E-state index in [1.165, 1.54) is 37.9 Å². The van der Waals surface area contributed by atoms with Crippen LogP contribution >= 0.6 is 0 Å². The Morgan fingerprint density at radius 2 is 2.00 bits per heavy atom. The molecule has 94 valence electrons. The summed E-state index contributed by atoms with van der Waals surface area (Å²) in [5.41, 5.74) is 0. The standard InChI is InChI=1S/C13H22N4/c1-10-15-16-13(17(10)12-8-14-9-12)7-6-11-4-2-3-5-11/h11-12,14H,2-9H2,1H3.